The average Bonchev–Trinajstić information content (AvgIpc) is 2.38. The van der Waals surface area contributed by atoms with Gasteiger partial charge >= 0.3 is 0 Å². The minimum Gasteiger partial charge on any atom is -0.352 e. The molecule has 0 fully saturated rings. The Morgan fingerprint density at radius 1 is 1.11 bits per heavy atom. The van der Waals surface area contributed by atoms with Crippen molar-refractivity contribution in [1.82, 2.24) is 5.32 Å². The second kappa shape index (κ2) is 6.34. The largest absolute Gasteiger partial charge is 0.352 e. The molecule has 1 amide bonds. The van der Waals surface area contributed by atoms with Crippen molar-refractivity contribution in [3.63, 3.8) is 0 Å². The number of amides is 1. The maximum Gasteiger partial charge on any atom is 0.224 e. The molecule has 19 heavy (non-hydrogen) atoms. The van der Waals surface area contributed by atoms with Gasteiger partial charge in [-0.15, -0.1) is 0 Å². The van der Waals surface area contributed by atoms with Crippen LogP contribution in [0.25, 0.3) is 0 Å². The molecule has 2 aromatic rings. The topological polar surface area (TPSA) is 29.1 Å². The summed E-state index contributed by atoms with van der Waals surface area (Å²) in [5, 5.41) is 3.44. The van der Waals surface area contributed by atoms with E-state index in [0.717, 1.165) is 5.56 Å². The smallest absolute Gasteiger partial charge is 0.224 e. The molecule has 2 nitrogen and oxygen atoms in total. The molecule has 2 aromatic carbocycles. The van der Waals surface area contributed by atoms with E-state index in [9.17, 15) is 9.18 Å². The number of hydrogen-bond donors (Lipinski definition) is 1. The van der Waals surface area contributed by atoms with E-state index >= 15 is 0 Å². The van der Waals surface area contributed by atoms with Crippen LogP contribution in [-0.2, 0) is 17.8 Å². The van der Waals surface area contributed by atoms with Crippen molar-refractivity contribution >= 4 is 17.5 Å². The third-order valence-electron chi connectivity index (χ3n) is 2.66. The van der Waals surface area contributed by atoms with Crippen LogP contribution in [0.4, 0.5) is 4.39 Å². The van der Waals surface area contributed by atoms with Crippen LogP contribution in [0.3, 0.4) is 0 Å². The normalized spacial score (nSPS) is 10.2. The molecule has 4 heteroatoms. The van der Waals surface area contributed by atoms with Gasteiger partial charge in [-0.3, -0.25) is 4.79 Å². The molecule has 0 aliphatic carbocycles. The summed E-state index contributed by atoms with van der Waals surface area (Å²) < 4.78 is 13.0. The van der Waals surface area contributed by atoms with Gasteiger partial charge in [0.2, 0.25) is 5.91 Å². The number of nitrogens with one attached hydrogen (secondary N) is 1. The Kier molecular flexibility index (Phi) is 4.53. The molecule has 0 spiro atoms. The standard InChI is InChI=1S/C15H13ClFNO/c16-13-6-4-11(5-7-13)10-18-15(19)9-12-2-1-3-14(17)8-12/h1-8H,9-10H2,(H,18,19). The van der Waals surface area contributed by atoms with Crippen molar-refractivity contribution in [2.45, 2.75) is 13.0 Å². The Morgan fingerprint density at radius 2 is 1.84 bits per heavy atom. The highest BCUT2D eigenvalue weighted by Crippen LogP contribution is 2.09. The molecule has 98 valence electrons. The number of carbonyl (C=O) groups is 1. The molecule has 0 atom stereocenters. The summed E-state index contributed by atoms with van der Waals surface area (Å²) in [7, 11) is 0. The summed E-state index contributed by atoms with van der Waals surface area (Å²) in [5.41, 5.74) is 1.63. The minimum absolute atomic E-state index is 0.138. The van der Waals surface area contributed by atoms with Gasteiger partial charge in [0.1, 0.15) is 5.82 Å². The third kappa shape index (κ3) is 4.38. The minimum atomic E-state index is -0.331. The van der Waals surface area contributed by atoms with Crippen LogP contribution in [-0.4, -0.2) is 5.91 Å². The summed E-state index contributed by atoms with van der Waals surface area (Å²) in [5.74, 6) is -0.469. The quantitative estimate of drug-likeness (QED) is 0.912. The summed E-state index contributed by atoms with van der Waals surface area (Å²) >= 11 is 5.77. The Morgan fingerprint density at radius 3 is 2.53 bits per heavy atom. The molecule has 0 aliphatic heterocycles. The molecular weight excluding hydrogens is 265 g/mol. The lowest BCUT2D eigenvalue weighted by atomic mass is 10.1. The molecule has 0 bridgehead atoms. The molecule has 0 aromatic heterocycles. The molecule has 0 unspecified atom stereocenters. The SMILES string of the molecule is O=C(Cc1cccc(F)c1)NCc1ccc(Cl)cc1. The monoisotopic (exact) mass is 277 g/mol. The van der Waals surface area contributed by atoms with Crippen molar-refractivity contribution < 1.29 is 9.18 Å². The van der Waals surface area contributed by atoms with Gasteiger partial charge in [-0.05, 0) is 35.4 Å². The number of carbonyl (C=O) groups excluding carboxylic acids is 1. The second-order valence-electron chi connectivity index (χ2n) is 4.21. The van der Waals surface area contributed by atoms with E-state index in [4.69, 9.17) is 11.6 Å². The lowest BCUT2D eigenvalue weighted by Crippen LogP contribution is -2.24. The van der Waals surface area contributed by atoms with Crippen LogP contribution in [0.2, 0.25) is 5.02 Å². The number of benzene rings is 2. The van der Waals surface area contributed by atoms with Crippen LogP contribution in [0, 0.1) is 5.82 Å². The predicted octanol–water partition coefficient (Wildman–Crippen LogP) is 3.34. The Hall–Kier alpha value is -1.87. The zero-order valence-electron chi connectivity index (χ0n) is 10.2. The Balaban J connectivity index is 1.86. The first-order valence-corrected chi connectivity index (χ1v) is 6.27. The fraction of sp³-hybridized carbons (Fsp3) is 0.133. The maximum absolute atomic E-state index is 13.0. The fourth-order valence-electron chi connectivity index (χ4n) is 1.70. The van der Waals surface area contributed by atoms with Crippen LogP contribution in [0.1, 0.15) is 11.1 Å². The van der Waals surface area contributed by atoms with Gasteiger partial charge in [-0.25, -0.2) is 4.39 Å². The molecule has 1 N–H and O–H groups in total. The van der Waals surface area contributed by atoms with Crippen molar-refractivity contribution in [3.8, 4) is 0 Å². The Bertz CT molecular complexity index is 569. The molecule has 0 radical (unpaired) electrons. The molecule has 0 saturated heterocycles. The number of halogens is 2. The van der Waals surface area contributed by atoms with E-state index in [1.165, 1.54) is 12.1 Å². The molecule has 0 aliphatic rings. The van der Waals surface area contributed by atoms with Gasteiger partial charge in [-0.1, -0.05) is 35.9 Å². The van der Waals surface area contributed by atoms with Gasteiger partial charge in [-0.2, -0.15) is 0 Å². The van der Waals surface area contributed by atoms with E-state index in [1.807, 2.05) is 12.1 Å². The summed E-state index contributed by atoms with van der Waals surface area (Å²) in [6, 6.07) is 13.3. The third-order valence-corrected chi connectivity index (χ3v) is 2.91. The zero-order chi connectivity index (χ0) is 13.7. The highest BCUT2D eigenvalue weighted by atomic mass is 35.5. The van der Waals surface area contributed by atoms with E-state index in [2.05, 4.69) is 5.32 Å². The van der Waals surface area contributed by atoms with Crippen molar-refractivity contribution in [2.75, 3.05) is 0 Å². The second-order valence-corrected chi connectivity index (χ2v) is 4.65. The average molecular weight is 278 g/mol. The molecule has 0 saturated carbocycles. The first-order valence-electron chi connectivity index (χ1n) is 5.89. The zero-order valence-corrected chi connectivity index (χ0v) is 11.0. The lowest BCUT2D eigenvalue weighted by Gasteiger charge is -2.06. The van der Waals surface area contributed by atoms with E-state index in [-0.39, 0.29) is 18.1 Å². The first-order chi connectivity index (χ1) is 9.13. The number of rotatable bonds is 4. The van der Waals surface area contributed by atoms with Gasteiger partial charge in [0, 0.05) is 11.6 Å². The van der Waals surface area contributed by atoms with E-state index in [0.29, 0.717) is 17.1 Å². The Labute approximate surface area is 116 Å². The predicted molar refractivity (Wildman–Crippen MR) is 73.4 cm³/mol. The van der Waals surface area contributed by atoms with Gasteiger partial charge < -0.3 is 5.32 Å². The summed E-state index contributed by atoms with van der Waals surface area (Å²) in [4.78, 5) is 11.7. The molecule has 2 rings (SSSR count). The summed E-state index contributed by atoms with van der Waals surface area (Å²) in [6.45, 7) is 0.436. The summed E-state index contributed by atoms with van der Waals surface area (Å²) in [6.07, 6.45) is 0.172. The highest BCUT2D eigenvalue weighted by molar-refractivity contribution is 6.30. The number of hydrogen-bond acceptors (Lipinski definition) is 1. The highest BCUT2D eigenvalue weighted by Gasteiger charge is 2.04. The molecular formula is C15H13ClFNO. The van der Waals surface area contributed by atoms with Crippen LogP contribution in [0.15, 0.2) is 48.5 Å². The van der Waals surface area contributed by atoms with E-state index < -0.39 is 0 Å². The van der Waals surface area contributed by atoms with Crippen molar-refractivity contribution in [2.24, 2.45) is 0 Å². The molecule has 0 heterocycles. The maximum atomic E-state index is 13.0. The van der Waals surface area contributed by atoms with Crippen LogP contribution < -0.4 is 5.32 Å². The van der Waals surface area contributed by atoms with Crippen LogP contribution >= 0.6 is 11.6 Å². The first kappa shape index (κ1) is 13.6. The van der Waals surface area contributed by atoms with Crippen LogP contribution in [0.5, 0.6) is 0 Å². The van der Waals surface area contributed by atoms with Gasteiger partial charge in [0.05, 0.1) is 6.42 Å². The van der Waals surface area contributed by atoms with Gasteiger partial charge in [0.15, 0.2) is 0 Å². The van der Waals surface area contributed by atoms with Gasteiger partial charge in [0.25, 0.3) is 0 Å². The van der Waals surface area contributed by atoms with Crippen molar-refractivity contribution in [1.29, 1.82) is 0 Å². The van der Waals surface area contributed by atoms with E-state index in [1.54, 1.807) is 24.3 Å². The fourth-order valence-corrected chi connectivity index (χ4v) is 1.82. The van der Waals surface area contributed by atoms with Crippen molar-refractivity contribution in [3.05, 3.63) is 70.5 Å². The lowest BCUT2D eigenvalue weighted by molar-refractivity contribution is -0.120.